The summed E-state index contributed by atoms with van der Waals surface area (Å²) >= 11 is 0. The fourth-order valence-corrected chi connectivity index (χ4v) is 3.84. The Labute approximate surface area is 120 Å². The van der Waals surface area contributed by atoms with Crippen molar-refractivity contribution in [1.82, 2.24) is 10.2 Å². The molecule has 1 aliphatic heterocycles. The van der Waals surface area contributed by atoms with Crippen molar-refractivity contribution in [3.8, 4) is 0 Å². The Morgan fingerprint density at radius 3 is 2.21 bits per heavy atom. The lowest BCUT2D eigenvalue weighted by molar-refractivity contribution is 0.187. The van der Waals surface area contributed by atoms with Crippen LogP contribution < -0.4 is 5.32 Å². The summed E-state index contributed by atoms with van der Waals surface area (Å²) in [5.41, 5.74) is 0. The van der Waals surface area contributed by atoms with Gasteiger partial charge < -0.3 is 10.2 Å². The molecule has 1 unspecified atom stereocenters. The lowest BCUT2D eigenvalue weighted by Gasteiger charge is -2.35. The molecular formula is C17H34N2. The molecule has 0 amide bonds. The highest BCUT2D eigenvalue weighted by atomic mass is 15.1. The first-order valence-corrected chi connectivity index (χ1v) is 8.86. The van der Waals surface area contributed by atoms with Gasteiger partial charge in [-0.3, -0.25) is 0 Å². The first kappa shape index (κ1) is 15.3. The van der Waals surface area contributed by atoms with E-state index in [2.05, 4.69) is 17.1 Å². The molecule has 112 valence electrons. The number of hydrogen-bond donors (Lipinski definition) is 1. The molecule has 1 heterocycles. The van der Waals surface area contributed by atoms with Gasteiger partial charge in [0.15, 0.2) is 0 Å². The van der Waals surface area contributed by atoms with E-state index in [1.54, 1.807) is 0 Å². The van der Waals surface area contributed by atoms with Gasteiger partial charge in [0.25, 0.3) is 0 Å². The molecule has 0 bridgehead atoms. The normalized spacial score (nSPS) is 25.1. The lowest BCUT2D eigenvalue weighted by atomic mass is 9.83. The Bertz CT molecular complexity index is 215. The van der Waals surface area contributed by atoms with E-state index < -0.39 is 0 Å². The Balaban J connectivity index is 1.83. The average molecular weight is 266 g/mol. The van der Waals surface area contributed by atoms with E-state index in [4.69, 9.17) is 0 Å². The molecule has 0 aromatic heterocycles. The van der Waals surface area contributed by atoms with Crippen LogP contribution >= 0.6 is 0 Å². The van der Waals surface area contributed by atoms with Gasteiger partial charge in [-0.2, -0.15) is 0 Å². The van der Waals surface area contributed by atoms with Crippen molar-refractivity contribution >= 4 is 0 Å². The maximum Gasteiger partial charge on any atom is 0.0223 e. The Morgan fingerprint density at radius 1 is 0.947 bits per heavy atom. The number of rotatable bonds is 6. The van der Waals surface area contributed by atoms with Gasteiger partial charge in [-0.25, -0.2) is 0 Å². The van der Waals surface area contributed by atoms with Crippen LogP contribution in [0.2, 0.25) is 0 Å². The molecule has 1 N–H and O–H groups in total. The standard InChI is InChI=1S/C17H34N2/c1-2-12-18-17(16-10-6-5-7-11-16)15-19-13-8-3-4-9-14-19/h16-18H,2-15H2,1H3. The smallest absolute Gasteiger partial charge is 0.0223 e. The summed E-state index contributed by atoms with van der Waals surface area (Å²) in [4.78, 5) is 2.74. The molecule has 2 heteroatoms. The monoisotopic (exact) mass is 266 g/mol. The molecule has 2 rings (SSSR count). The quantitative estimate of drug-likeness (QED) is 0.786. The van der Waals surface area contributed by atoms with Gasteiger partial charge in [-0.15, -0.1) is 0 Å². The summed E-state index contributed by atoms with van der Waals surface area (Å²) in [5, 5.41) is 3.87. The topological polar surface area (TPSA) is 15.3 Å². The number of likely N-dealkylation sites (tertiary alicyclic amines) is 1. The molecule has 1 saturated carbocycles. The van der Waals surface area contributed by atoms with Crippen molar-refractivity contribution in [2.75, 3.05) is 26.2 Å². The number of nitrogens with one attached hydrogen (secondary N) is 1. The van der Waals surface area contributed by atoms with Crippen LogP contribution in [0.3, 0.4) is 0 Å². The van der Waals surface area contributed by atoms with Crippen molar-refractivity contribution in [2.45, 2.75) is 77.2 Å². The summed E-state index contributed by atoms with van der Waals surface area (Å²) in [6.45, 7) is 7.49. The van der Waals surface area contributed by atoms with Gasteiger partial charge in [0.05, 0.1) is 0 Å². The fraction of sp³-hybridized carbons (Fsp3) is 1.00. The third kappa shape index (κ3) is 5.43. The van der Waals surface area contributed by atoms with Crippen molar-refractivity contribution in [3.63, 3.8) is 0 Å². The minimum absolute atomic E-state index is 0.762. The predicted molar refractivity (Wildman–Crippen MR) is 83.6 cm³/mol. The molecule has 1 saturated heterocycles. The van der Waals surface area contributed by atoms with Gasteiger partial charge in [-0.1, -0.05) is 39.0 Å². The largest absolute Gasteiger partial charge is 0.312 e. The highest BCUT2D eigenvalue weighted by Gasteiger charge is 2.25. The summed E-state index contributed by atoms with van der Waals surface area (Å²) < 4.78 is 0. The zero-order valence-corrected chi connectivity index (χ0v) is 13.0. The summed E-state index contributed by atoms with van der Waals surface area (Å²) in [7, 11) is 0. The highest BCUT2D eigenvalue weighted by molar-refractivity contribution is 4.82. The van der Waals surface area contributed by atoms with Crippen molar-refractivity contribution in [2.24, 2.45) is 5.92 Å². The summed E-state index contributed by atoms with van der Waals surface area (Å²) in [6.07, 6.45) is 14.4. The fourth-order valence-electron chi connectivity index (χ4n) is 3.84. The maximum atomic E-state index is 3.87. The molecule has 19 heavy (non-hydrogen) atoms. The van der Waals surface area contributed by atoms with Crippen LogP contribution in [0.1, 0.15) is 71.1 Å². The van der Waals surface area contributed by atoms with Crippen molar-refractivity contribution in [1.29, 1.82) is 0 Å². The molecule has 0 aromatic carbocycles. The van der Waals surface area contributed by atoms with Crippen LogP contribution in [0, 0.1) is 5.92 Å². The van der Waals surface area contributed by atoms with Gasteiger partial charge in [0, 0.05) is 12.6 Å². The first-order valence-electron chi connectivity index (χ1n) is 8.86. The van der Waals surface area contributed by atoms with Gasteiger partial charge in [0.1, 0.15) is 0 Å². The molecule has 0 aromatic rings. The second kappa shape index (κ2) is 8.97. The maximum absolute atomic E-state index is 3.87. The van der Waals surface area contributed by atoms with E-state index in [0.717, 1.165) is 12.0 Å². The van der Waals surface area contributed by atoms with Crippen LogP contribution in [-0.2, 0) is 0 Å². The van der Waals surface area contributed by atoms with E-state index in [1.165, 1.54) is 90.4 Å². The Kier molecular flexibility index (Phi) is 7.23. The first-order chi connectivity index (χ1) is 9.40. The Morgan fingerprint density at radius 2 is 1.58 bits per heavy atom. The molecule has 2 aliphatic rings. The predicted octanol–water partition coefficient (Wildman–Crippen LogP) is 3.81. The van der Waals surface area contributed by atoms with E-state index in [-0.39, 0.29) is 0 Å². The molecule has 1 atom stereocenters. The molecular weight excluding hydrogens is 232 g/mol. The van der Waals surface area contributed by atoms with E-state index in [1.807, 2.05) is 0 Å². The van der Waals surface area contributed by atoms with E-state index >= 15 is 0 Å². The molecule has 0 spiro atoms. The van der Waals surface area contributed by atoms with Crippen LogP contribution in [0.5, 0.6) is 0 Å². The summed E-state index contributed by atoms with van der Waals surface area (Å²) in [5.74, 6) is 0.948. The molecule has 2 nitrogen and oxygen atoms in total. The lowest BCUT2D eigenvalue weighted by Crippen LogP contribution is -2.46. The van der Waals surface area contributed by atoms with Crippen LogP contribution in [0.25, 0.3) is 0 Å². The van der Waals surface area contributed by atoms with Crippen LogP contribution in [0.4, 0.5) is 0 Å². The second-order valence-corrected chi connectivity index (χ2v) is 6.67. The highest BCUT2D eigenvalue weighted by Crippen LogP contribution is 2.27. The van der Waals surface area contributed by atoms with Crippen molar-refractivity contribution in [3.05, 3.63) is 0 Å². The minimum atomic E-state index is 0.762. The molecule has 0 radical (unpaired) electrons. The number of nitrogens with zero attached hydrogens (tertiary/aromatic N) is 1. The minimum Gasteiger partial charge on any atom is -0.312 e. The van der Waals surface area contributed by atoms with Crippen LogP contribution in [-0.4, -0.2) is 37.1 Å². The number of hydrogen-bond acceptors (Lipinski definition) is 2. The zero-order valence-electron chi connectivity index (χ0n) is 13.0. The van der Waals surface area contributed by atoms with E-state index in [9.17, 15) is 0 Å². The third-order valence-corrected chi connectivity index (χ3v) is 5.03. The average Bonchev–Trinajstić information content (AvgIpc) is 2.73. The van der Waals surface area contributed by atoms with Crippen molar-refractivity contribution < 1.29 is 0 Å². The van der Waals surface area contributed by atoms with Gasteiger partial charge >= 0.3 is 0 Å². The van der Waals surface area contributed by atoms with Gasteiger partial charge in [-0.05, 0) is 57.7 Å². The SMILES string of the molecule is CCCNC(CN1CCCCCC1)C1CCCCC1. The molecule has 1 aliphatic carbocycles. The zero-order chi connectivity index (χ0) is 13.3. The van der Waals surface area contributed by atoms with E-state index in [0.29, 0.717) is 0 Å². The summed E-state index contributed by atoms with van der Waals surface area (Å²) in [6, 6.07) is 0.762. The molecule has 2 fully saturated rings. The third-order valence-electron chi connectivity index (χ3n) is 5.03. The Hall–Kier alpha value is -0.0800. The second-order valence-electron chi connectivity index (χ2n) is 6.67. The van der Waals surface area contributed by atoms with Gasteiger partial charge in [0.2, 0.25) is 0 Å². The van der Waals surface area contributed by atoms with Crippen LogP contribution in [0.15, 0.2) is 0 Å².